The monoisotopic (exact) mass is 370 g/mol. The van der Waals surface area contributed by atoms with Gasteiger partial charge in [0.2, 0.25) is 5.91 Å². The quantitative estimate of drug-likeness (QED) is 0.488. The van der Waals surface area contributed by atoms with E-state index in [1.165, 1.54) is 0 Å². The summed E-state index contributed by atoms with van der Waals surface area (Å²) in [6, 6.07) is 12.8. The molecule has 2 aromatic carbocycles. The number of primary amides is 1. The Morgan fingerprint density at radius 2 is 1.93 bits per heavy atom. The van der Waals surface area contributed by atoms with Crippen molar-refractivity contribution in [2.45, 2.75) is 20.0 Å². The molecule has 144 valence electrons. The zero-order valence-electron chi connectivity index (χ0n) is 15.9. The van der Waals surface area contributed by atoms with Gasteiger partial charge in [0.25, 0.3) is 0 Å². The van der Waals surface area contributed by atoms with E-state index in [4.69, 9.17) is 15.2 Å². The topological polar surface area (TPSA) is 98.0 Å². The second-order valence-corrected chi connectivity index (χ2v) is 5.79. The first-order valence-corrected chi connectivity index (χ1v) is 8.69. The van der Waals surface area contributed by atoms with Crippen LogP contribution in [0.4, 0.5) is 0 Å². The smallest absolute Gasteiger partial charge is 0.248 e. The first-order chi connectivity index (χ1) is 13.1. The number of nitrogens with one attached hydrogen (secondary N) is 2. The van der Waals surface area contributed by atoms with Crippen LogP contribution in [0.2, 0.25) is 0 Å². The van der Waals surface area contributed by atoms with E-state index in [0.29, 0.717) is 24.6 Å². The summed E-state index contributed by atoms with van der Waals surface area (Å²) in [6.45, 7) is 3.70. The number of carbonyl (C=O) groups excluding carboxylic acids is 1. The highest BCUT2D eigenvalue weighted by Crippen LogP contribution is 2.24. The van der Waals surface area contributed by atoms with Crippen LogP contribution in [0.1, 0.15) is 28.4 Å². The first kappa shape index (κ1) is 20.1. The lowest BCUT2D eigenvalue weighted by Crippen LogP contribution is -2.36. The van der Waals surface area contributed by atoms with Gasteiger partial charge >= 0.3 is 0 Å². The highest BCUT2D eigenvalue weighted by atomic mass is 16.5. The summed E-state index contributed by atoms with van der Waals surface area (Å²) >= 11 is 0. The van der Waals surface area contributed by atoms with Gasteiger partial charge in [-0.3, -0.25) is 4.79 Å². The number of aliphatic imine (C=N–C) groups is 1. The molecule has 0 aliphatic heterocycles. The van der Waals surface area contributed by atoms with Crippen molar-refractivity contribution < 1.29 is 14.3 Å². The maximum absolute atomic E-state index is 11.3. The Kier molecular flexibility index (Phi) is 7.49. The van der Waals surface area contributed by atoms with Crippen LogP contribution in [0.15, 0.2) is 47.5 Å². The second-order valence-electron chi connectivity index (χ2n) is 5.79. The van der Waals surface area contributed by atoms with Gasteiger partial charge in [0.1, 0.15) is 11.5 Å². The van der Waals surface area contributed by atoms with Crippen LogP contribution >= 0.6 is 0 Å². The van der Waals surface area contributed by atoms with Crippen molar-refractivity contribution in [2.24, 2.45) is 10.7 Å². The number of rotatable bonds is 8. The molecule has 0 aliphatic rings. The molecule has 0 heterocycles. The van der Waals surface area contributed by atoms with Gasteiger partial charge in [-0.2, -0.15) is 0 Å². The van der Waals surface area contributed by atoms with Gasteiger partial charge < -0.3 is 25.8 Å². The van der Waals surface area contributed by atoms with Crippen molar-refractivity contribution >= 4 is 11.9 Å². The maximum Gasteiger partial charge on any atom is 0.248 e. The molecule has 0 radical (unpaired) electrons. The van der Waals surface area contributed by atoms with Crippen molar-refractivity contribution in [3.8, 4) is 11.5 Å². The second kappa shape index (κ2) is 10.1. The van der Waals surface area contributed by atoms with E-state index in [9.17, 15) is 4.79 Å². The number of methoxy groups -OCH3 is 2. The Morgan fingerprint density at radius 3 is 2.59 bits per heavy atom. The number of nitrogens with two attached hydrogens (primary N) is 1. The number of ether oxygens (including phenoxy) is 2. The van der Waals surface area contributed by atoms with Gasteiger partial charge in [0, 0.05) is 30.3 Å². The molecule has 0 saturated carbocycles. The molecule has 0 aromatic heterocycles. The fraction of sp³-hybridized carbons (Fsp3) is 0.300. The molecule has 0 unspecified atom stereocenters. The lowest BCUT2D eigenvalue weighted by molar-refractivity contribution is 0.1000. The van der Waals surface area contributed by atoms with Crippen LogP contribution in [0.3, 0.4) is 0 Å². The number of hydrogen-bond donors (Lipinski definition) is 3. The van der Waals surface area contributed by atoms with E-state index in [-0.39, 0.29) is 0 Å². The number of amides is 1. The lowest BCUT2D eigenvalue weighted by Gasteiger charge is -2.14. The molecule has 2 rings (SSSR count). The van der Waals surface area contributed by atoms with E-state index in [2.05, 4.69) is 15.6 Å². The molecule has 0 spiro atoms. The summed E-state index contributed by atoms with van der Waals surface area (Å²) < 4.78 is 10.6. The van der Waals surface area contributed by atoms with Crippen molar-refractivity contribution in [1.82, 2.24) is 10.6 Å². The molecule has 7 heteroatoms. The molecule has 7 nitrogen and oxygen atoms in total. The predicted octanol–water partition coefficient (Wildman–Crippen LogP) is 2.06. The Morgan fingerprint density at radius 1 is 1.11 bits per heavy atom. The van der Waals surface area contributed by atoms with Crippen molar-refractivity contribution in [3.05, 3.63) is 59.2 Å². The average Bonchev–Trinajstić information content (AvgIpc) is 2.70. The van der Waals surface area contributed by atoms with Crippen LogP contribution in [-0.4, -0.2) is 32.6 Å². The third-order valence-electron chi connectivity index (χ3n) is 3.92. The SMILES string of the molecule is CCNC(=NCc1cccc(C(N)=O)c1)NCc1ccc(OC)cc1OC. The van der Waals surface area contributed by atoms with Crippen LogP contribution in [-0.2, 0) is 13.1 Å². The Bertz CT molecular complexity index is 806. The van der Waals surface area contributed by atoms with Gasteiger partial charge in [0.05, 0.1) is 20.8 Å². The molecule has 0 fully saturated rings. The van der Waals surface area contributed by atoms with Crippen LogP contribution < -0.4 is 25.8 Å². The van der Waals surface area contributed by atoms with Crippen LogP contribution in [0.5, 0.6) is 11.5 Å². The summed E-state index contributed by atoms with van der Waals surface area (Å²) in [4.78, 5) is 15.9. The van der Waals surface area contributed by atoms with Crippen LogP contribution in [0, 0.1) is 0 Å². The Hall–Kier alpha value is -3.22. The van der Waals surface area contributed by atoms with Gasteiger partial charge in [-0.1, -0.05) is 12.1 Å². The fourth-order valence-electron chi connectivity index (χ4n) is 2.51. The summed E-state index contributed by atoms with van der Waals surface area (Å²) in [7, 11) is 3.25. The Labute approximate surface area is 159 Å². The van der Waals surface area contributed by atoms with Gasteiger partial charge in [-0.05, 0) is 36.8 Å². The zero-order valence-corrected chi connectivity index (χ0v) is 15.9. The number of hydrogen-bond acceptors (Lipinski definition) is 4. The van der Waals surface area contributed by atoms with E-state index < -0.39 is 5.91 Å². The molecule has 0 atom stereocenters. The minimum Gasteiger partial charge on any atom is -0.497 e. The maximum atomic E-state index is 11.3. The summed E-state index contributed by atoms with van der Waals surface area (Å²) in [6.07, 6.45) is 0. The van der Waals surface area contributed by atoms with E-state index >= 15 is 0 Å². The minimum absolute atomic E-state index is 0.427. The van der Waals surface area contributed by atoms with Crippen molar-refractivity contribution in [1.29, 1.82) is 0 Å². The fourth-order valence-corrected chi connectivity index (χ4v) is 2.51. The van der Waals surface area contributed by atoms with Crippen molar-refractivity contribution in [3.63, 3.8) is 0 Å². The van der Waals surface area contributed by atoms with E-state index in [1.54, 1.807) is 32.4 Å². The minimum atomic E-state index is -0.447. The third-order valence-corrected chi connectivity index (χ3v) is 3.92. The standard InChI is InChI=1S/C20H26N4O3/c1-4-22-20(23-12-14-6-5-7-15(10-14)19(21)25)24-13-16-8-9-17(26-2)11-18(16)27-3/h5-11H,4,12-13H2,1-3H3,(H2,21,25)(H2,22,23,24). The summed E-state index contributed by atoms with van der Waals surface area (Å²) in [5.74, 6) is 1.70. The first-order valence-electron chi connectivity index (χ1n) is 8.69. The Balaban J connectivity index is 2.08. The molecule has 4 N–H and O–H groups in total. The van der Waals surface area contributed by atoms with E-state index in [0.717, 1.165) is 29.2 Å². The van der Waals surface area contributed by atoms with Crippen molar-refractivity contribution in [2.75, 3.05) is 20.8 Å². The number of guanidine groups is 1. The van der Waals surface area contributed by atoms with Gasteiger partial charge in [-0.15, -0.1) is 0 Å². The molecule has 2 aromatic rings. The van der Waals surface area contributed by atoms with E-state index in [1.807, 2.05) is 31.2 Å². The highest BCUT2D eigenvalue weighted by molar-refractivity contribution is 5.92. The lowest BCUT2D eigenvalue weighted by atomic mass is 10.1. The third kappa shape index (κ3) is 5.91. The molecule has 0 saturated heterocycles. The molecule has 1 amide bonds. The molecule has 0 aliphatic carbocycles. The molecule has 0 bridgehead atoms. The van der Waals surface area contributed by atoms with Crippen LogP contribution in [0.25, 0.3) is 0 Å². The largest absolute Gasteiger partial charge is 0.497 e. The number of carbonyl (C=O) groups is 1. The summed E-state index contributed by atoms with van der Waals surface area (Å²) in [5, 5.41) is 6.49. The van der Waals surface area contributed by atoms with Gasteiger partial charge in [-0.25, -0.2) is 4.99 Å². The zero-order chi connectivity index (χ0) is 19.6. The van der Waals surface area contributed by atoms with Gasteiger partial charge in [0.15, 0.2) is 5.96 Å². The molecular weight excluding hydrogens is 344 g/mol. The molecular formula is C20H26N4O3. The predicted molar refractivity (Wildman–Crippen MR) is 106 cm³/mol. The average molecular weight is 370 g/mol. The number of nitrogens with zero attached hydrogens (tertiary/aromatic N) is 1. The normalized spacial score (nSPS) is 11.0. The molecule has 27 heavy (non-hydrogen) atoms. The highest BCUT2D eigenvalue weighted by Gasteiger charge is 2.07. The number of benzene rings is 2. The summed E-state index contributed by atoms with van der Waals surface area (Å²) in [5.41, 5.74) is 7.70.